The number of carbonyl (C=O) groups excluding carboxylic acids is 2. The summed E-state index contributed by atoms with van der Waals surface area (Å²) in [5.74, 6) is 0.177. The number of fused-ring (bicyclic) bond motifs is 1. The minimum atomic E-state index is -4.46. The van der Waals surface area contributed by atoms with E-state index in [1.165, 1.54) is 12.1 Å². The maximum Gasteiger partial charge on any atom is 0.416 e. The Morgan fingerprint density at radius 2 is 1.56 bits per heavy atom. The van der Waals surface area contributed by atoms with Crippen LogP contribution in [0.4, 0.5) is 13.2 Å². The smallest absolute Gasteiger partial charge is 0.339 e. The molecule has 7 nitrogen and oxygen atoms in total. The number of carbonyl (C=O) groups is 2. The topological polar surface area (TPSA) is 75.5 Å². The van der Waals surface area contributed by atoms with Gasteiger partial charge in [0.1, 0.15) is 5.82 Å². The molecule has 2 heterocycles. The fourth-order valence-electron chi connectivity index (χ4n) is 4.60. The summed E-state index contributed by atoms with van der Waals surface area (Å²) in [5, 5.41) is 0.577. The first-order valence-corrected chi connectivity index (χ1v) is 12.0. The van der Waals surface area contributed by atoms with Crippen molar-refractivity contribution in [2.75, 3.05) is 26.2 Å². The minimum Gasteiger partial charge on any atom is -0.339 e. The molecule has 188 valence electrons. The van der Waals surface area contributed by atoms with E-state index in [0.717, 1.165) is 25.0 Å². The highest BCUT2D eigenvalue weighted by molar-refractivity contribution is 5.94. The summed E-state index contributed by atoms with van der Waals surface area (Å²) in [6.07, 6.45) is -2.06. The monoisotopic (exact) mass is 498 g/mol. The van der Waals surface area contributed by atoms with Crippen LogP contribution in [0.2, 0.25) is 0 Å². The van der Waals surface area contributed by atoms with Gasteiger partial charge in [0.05, 0.1) is 16.5 Å². The van der Waals surface area contributed by atoms with Gasteiger partial charge in [-0.15, -0.1) is 0 Å². The first-order valence-electron chi connectivity index (χ1n) is 12.0. The molecule has 0 radical (unpaired) electrons. The largest absolute Gasteiger partial charge is 0.416 e. The van der Waals surface area contributed by atoms with Gasteiger partial charge >= 0.3 is 6.18 Å². The maximum absolute atomic E-state index is 13.0. The second-order valence-electron chi connectivity index (χ2n) is 9.20. The molecule has 3 aromatic rings. The van der Waals surface area contributed by atoms with Crippen LogP contribution in [0.5, 0.6) is 0 Å². The maximum atomic E-state index is 13.0. The van der Waals surface area contributed by atoms with Crippen LogP contribution in [0.1, 0.15) is 47.1 Å². The van der Waals surface area contributed by atoms with E-state index in [2.05, 4.69) is 4.98 Å². The van der Waals surface area contributed by atoms with E-state index < -0.39 is 11.7 Å². The molecule has 2 amide bonds. The molecule has 1 aromatic heterocycles. The third kappa shape index (κ3) is 4.84. The summed E-state index contributed by atoms with van der Waals surface area (Å²) in [6.45, 7) is 1.27. The van der Waals surface area contributed by atoms with Gasteiger partial charge < -0.3 is 9.80 Å². The number of benzene rings is 2. The molecule has 1 aliphatic heterocycles. The molecule has 0 atom stereocenters. The van der Waals surface area contributed by atoms with Crippen molar-refractivity contribution in [3.63, 3.8) is 0 Å². The molecule has 5 rings (SSSR count). The molecular weight excluding hydrogens is 473 g/mol. The molecule has 0 N–H and O–H groups in total. The number of aromatic nitrogens is 2. The van der Waals surface area contributed by atoms with Crippen LogP contribution >= 0.6 is 0 Å². The quantitative estimate of drug-likeness (QED) is 0.538. The summed E-state index contributed by atoms with van der Waals surface area (Å²) >= 11 is 0. The van der Waals surface area contributed by atoms with Gasteiger partial charge in [0.25, 0.3) is 11.5 Å². The molecule has 1 aliphatic carbocycles. The second-order valence-corrected chi connectivity index (χ2v) is 9.20. The molecule has 0 unspecified atom stereocenters. The number of piperazine rings is 1. The summed E-state index contributed by atoms with van der Waals surface area (Å²) in [5.41, 5.74) is -0.0659. The van der Waals surface area contributed by atoms with Gasteiger partial charge in [-0.1, -0.05) is 12.1 Å². The lowest BCUT2D eigenvalue weighted by Gasteiger charge is -2.35. The number of amides is 2. The predicted molar refractivity (Wildman–Crippen MR) is 127 cm³/mol. The summed E-state index contributed by atoms with van der Waals surface area (Å²) in [7, 11) is 0. The Hall–Kier alpha value is -3.69. The Morgan fingerprint density at radius 3 is 2.19 bits per heavy atom. The van der Waals surface area contributed by atoms with Crippen LogP contribution in [0.15, 0.2) is 53.3 Å². The van der Waals surface area contributed by atoms with Gasteiger partial charge in [0.2, 0.25) is 5.91 Å². The van der Waals surface area contributed by atoms with E-state index in [1.54, 1.807) is 26.5 Å². The zero-order chi connectivity index (χ0) is 25.4. The molecule has 1 saturated carbocycles. The van der Waals surface area contributed by atoms with Gasteiger partial charge in [0.15, 0.2) is 0 Å². The highest BCUT2D eigenvalue weighted by atomic mass is 19.4. The molecule has 36 heavy (non-hydrogen) atoms. The average molecular weight is 499 g/mol. The van der Waals surface area contributed by atoms with Gasteiger partial charge in [0, 0.05) is 50.6 Å². The van der Waals surface area contributed by atoms with Crippen LogP contribution in [0.3, 0.4) is 0 Å². The highest BCUT2D eigenvalue weighted by Gasteiger charge is 2.31. The zero-order valence-corrected chi connectivity index (χ0v) is 19.5. The van der Waals surface area contributed by atoms with Gasteiger partial charge in [-0.3, -0.25) is 19.0 Å². The van der Waals surface area contributed by atoms with Crippen LogP contribution in [-0.4, -0.2) is 57.3 Å². The number of alkyl halides is 3. The van der Waals surface area contributed by atoms with Crippen molar-refractivity contribution in [3.8, 4) is 0 Å². The number of para-hydroxylation sites is 1. The Bertz CT molecular complexity index is 1360. The third-order valence-corrected chi connectivity index (χ3v) is 6.73. The van der Waals surface area contributed by atoms with E-state index in [9.17, 15) is 27.6 Å². The molecular formula is C26H25F3N4O3. The summed E-state index contributed by atoms with van der Waals surface area (Å²) in [6, 6.07) is 11.5. The van der Waals surface area contributed by atoms with Crippen molar-refractivity contribution in [2.45, 2.75) is 37.9 Å². The van der Waals surface area contributed by atoms with Crippen molar-refractivity contribution >= 4 is 22.7 Å². The lowest BCUT2D eigenvalue weighted by molar-refractivity contribution is -0.137. The van der Waals surface area contributed by atoms with Gasteiger partial charge in [-0.25, -0.2) is 4.98 Å². The molecule has 0 spiro atoms. The number of nitrogens with zero attached hydrogens (tertiary/aromatic N) is 4. The summed E-state index contributed by atoms with van der Waals surface area (Å²) in [4.78, 5) is 46.5. The van der Waals surface area contributed by atoms with Crippen molar-refractivity contribution in [1.82, 2.24) is 19.4 Å². The van der Waals surface area contributed by atoms with Gasteiger partial charge in [-0.2, -0.15) is 13.2 Å². The molecule has 2 aliphatic rings. The average Bonchev–Trinajstić information content (AvgIpc) is 3.72. The van der Waals surface area contributed by atoms with E-state index in [-0.39, 0.29) is 35.4 Å². The molecule has 2 aromatic carbocycles. The van der Waals surface area contributed by atoms with E-state index in [4.69, 9.17) is 0 Å². The van der Waals surface area contributed by atoms with E-state index >= 15 is 0 Å². The normalized spacial score (nSPS) is 16.4. The Kier molecular flexibility index (Phi) is 6.27. The van der Waals surface area contributed by atoms with Crippen molar-refractivity contribution in [1.29, 1.82) is 0 Å². The van der Waals surface area contributed by atoms with Crippen molar-refractivity contribution < 1.29 is 22.8 Å². The van der Waals surface area contributed by atoms with E-state index in [0.29, 0.717) is 49.3 Å². The van der Waals surface area contributed by atoms with Crippen molar-refractivity contribution in [2.24, 2.45) is 0 Å². The van der Waals surface area contributed by atoms with Crippen LogP contribution < -0.4 is 5.56 Å². The van der Waals surface area contributed by atoms with Crippen LogP contribution in [0, 0.1) is 0 Å². The van der Waals surface area contributed by atoms with Crippen LogP contribution in [-0.2, 0) is 17.4 Å². The third-order valence-electron chi connectivity index (χ3n) is 6.73. The van der Waals surface area contributed by atoms with E-state index in [1.807, 2.05) is 12.1 Å². The lowest BCUT2D eigenvalue weighted by atomic mass is 10.1. The molecule has 1 saturated heterocycles. The predicted octanol–water partition coefficient (Wildman–Crippen LogP) is 3.67. The molecule has 0 bridgehead atoms. The minimum absolute atomic E-state index is 0.0686. The van der Waals surface area contributed by atoms with Crippen LogP contribution in [0.25, 0.3) is 10.9 Å². The zero-order valence-electron chi connectivity index (χ0n) is 19.5. The number of hydrogen-bond acceptors (Lipinski definition) is 4. The number of halogens is 3. The Balaban J connectivity index is 1.20. The Labute approximate surface area is 205 Å². The summed E-state index contributed by atoms with van der Waals surface area (Å²) < 4.78 is 40.0. The highest BCUT2D eigenvalue weighted by Crippen LogP contribution is 2.35. The Morgan fingerprint density at radius 1 is 0.917 bits per heavy atom. The van der Waals surface area contributed by atoms with Crippen molar-refractivity contribution in [3.05, 3.63) is 75.8 Å². The number of rotatable bonds is 5. The first kappa shape index (κ1) is 24.0. The number of hydrogen-bond donors (Lipinski definition) is 0. The van der Waals surface area contributed by atoms with Gasteiger partial charge in [-0.05, 0) is 49.2 Å². The fourth-order valence-corrected chi connectivity index (χ4v) is 4.60. The fraction of sp³-hybridized carbons (Fsp3) is 0.385. The first-order chi connectivity index (χ1) is 17.2. The lowest BCUT2D eigenvalue weighted by Crippen LogP contribution is -2.50. The molecule has 10 heteroatoms. The second kappa shape index (κ2) is 9.40. The standard InChI is InChI=1S/C26H25F3N4O3/c27-26(28,29)18-7-5-17(6-8-18)24(35)32-15-13-31(14-16-32)23(34)12-11-22-30-21-4-2-1-3-20(21)25(36)33(22)19-9-10-19/h1-8,19H,9-16H2. The SMILES string of the molecule is O=C(CCc1nc2ccccc2c(=O)n1C1CC1)N1CCN(C(=O)c2ccc(C(F)(F)F)cc2)CC1. The number of aryl methyl sites for hydroxylation is 1. The molecule has 2 fully saturated rings.